The Labute approximate surface area is 89.9 Å². The van der Waals surface area contributed by atoms with E-state index < -0.39 is 0 Å². The van der Waals surface area contributed by atoms with Gasteiger partial charge in [0.15, 0.2) is 0 Å². The van der Waals surface area contributed by atoms with Crippen molar-refractivity contribution in [1.29, 1.82) is 0 Å². The molecular formula is C11H18O4. The third kappa shape index (κ3) is 5.54. The zero-order chi connectivity index (χ0) is 11.1. The van der Waals surface area contributed by atoms with Gasteiger partial charge in [-0.1, -0.05) is 6.58 Å². The number of carbonyl (C=O) groups is 1. The average molecular weight is 214 g/mol. The number of carbonyl (C=O) groups excluding carboxylic acids is 1. The van der Waals surface area contributed by atoms with Crippen molar-refractivity contribution in [2.45, 2.75) is 31.8 Å². The van der Waals surface area contributed by atoms with Crippen LogP contribution < -0.4 is 0 Å². The summed E-state index contributed by atoms with van der Waals surface area (Å²) in [7, 11) is 0. The lowest BCUT2D eigenvalue weighted by atomic mass is 10.1. The zero-order valence-corrected chi connectivity index (χ0v) is 8.91. The van der Waals surface area contributed by atoms with Crippen LogP contribution in [0, 0.1) is 0 Å². The van der Waals surface area contributed by atoms with Gasteiger partial charge in [0.1, 0.15) is 0 Å². The fourth-order valence-electron chi connectivity index (χ4n) is 1.15. The molecule has 4 heteroatoms. The Morgan fingerprint density at radius 1 is 1.53 bits per heavy atom. The highest BCUT2D eigenvalue weighted by molar-refractivity contribution is 5.87. The molecule has 0 aromatic carbocycles. The van der Waals surface area contributed by atoms with E-state index in [0.29, 0.717) is 37.5 Å². The Balaban J connectivity index is 2.01. The van der Waals surface area contributed by atoms with E-state index >= 15 is 0 Å². The Morgan fingerprint density at radius 3 is 2.87 bits per heavy atom. The monoisotopic (exact) mass is 214 g/mol. The van der Waals surface area contributed by atoms with E-state index in [4.69, 9.17) is 14.6 Å². The smallest absolute Gasteiger partial charge is 0.333 e. The lowest BCUT2D eigenvalue weighted by Crippen LogP contribution is -2.09. The quantitative estimate of drug-likeness (QED) is 0.284. The summed E-state index contributed by atoms with van der Waals surface area (Å²) in [5.41, 5.74) is 0.509. The molecule has 1 aliphatic heterocycles. The van der Waals surface area contributed by atoms with Crippen molar-refractivity contribution >= 4 is 5.97 Å². The first kappa shape index (κ1) is 12.2. The number of esters is 1. The third-order valence-corrected chi connectivity index (χ3v) is 2.24. The van der Waals surface area contributed by atoms with E-state index in [-0.39, 0.29) is 12.6 Å². The van der Waals surface area contributed by atoms with Crippen LogP contribution >= 0.6 is 0 Å². The van der Waals surface area contributed by atoms with Crippen molar-refractivity contribution in [1.82, 2.24) is 0 Å². The first-order valence-corrected chi connectivity index (χ1v) is 5.31. The molecule has 0 amide bonds. The fourth-order valence-corrected chi connectivity index (χ4v) is 1.15. The highest BCUT2D eigenvalue weighted by Crippen LogP contribution is 2.18. The number of epoxide rings is 1. The van der Waals surface area contributed by atoms with Gasteiger partial charge in [0, 0.05) is 12.2 Å². The summed E-state index contributed by atoms with van der Waals surface area (Å²) in [5, 5.41) is 8.52. The topological polar surface area (TPSA) is 59.1 Å². The molecule has 1 saturated heterocycles. The summed E-state index contributed by atoms with van der Waals surface area (Å²) in [6.45, 7) is 4.97. The van der Waals surface area contributed by atoms with Crippen molar-refractivity contribution in [2.75, 3.05) is 19.8 Å². The molecule has 0 saturated carbocycles. The zero-order valence-electron chi connectivity index (χ0n) is 8.91. The van der Waals surface area contributed by atoms with Crippen molar-refractivity contribution in [3.63, 3.8) is 0 Å². The van der Waals surface area contributed by atoms with E-state index in [2.05, 4.69) is 6.58 Å². The average Bonchev–Trinajstić information content (AvgIpc) is 3.04. The first-order valence-electron chi connectivity index (χ1n) is 5.31. The molecule has 0 aliphatic carbocycles. The van der Waals surface area contributed by atoms with Crippen LogP contribution in [0.5, 0.6) is 0 Å². The maximum Gasteiger partial charge on any atom is 0.333 e. The minimum Gasteiger partial charge on any atom is -0.462 e. The van der Waals surface area contributed by atoms with Gasteiger partial charge in [-0.25, -0.2) is 4.79 Å². The summed E-state index contributed by atoms with van der Waals surface area (Å²) >= 11 is 0. The molecular weight excluding hydrogens is 196 g/mol. The maximum absolute atomic E-state index is 11.3. The molecule has 4 nitrogen and oxygen atoms in total. The van der Waals surface area contributed by atoms with Crippen LogP contribution in [-0.4, -0.2) is 37.0 Å². The van der Waals surface area contributed by atoms with Gasteiger partial charge in [-0.3, -0.25) is 0 Å². The molecule has 1 rings (SSSR count). The van der Waals surface area contributed by atoms with E-state index in [1.165, 1.54) is 0 Å². The van der Waals surface area contributed by atoms with Gasteiger partial charge >= 0.3 is 5.97 Å². The predicted octanol–water partition coefficient (Wildman–Crippen LogP) is 1.04. The summed E-state index contributed by atoms with van der Waals surface area (Å²) in [6.07, 6.45) is 3.18. The molecule has 1 N–H and O–H groups in total. The molecule has 1 unspecified atom stereocenters. The van der Waals surface area contributed by atoms with Crippen LogP contribution in [-0.2, 0) is 14.3 Å². The van der Waals surface area contributed by atoms with E-state index in [0.717, 1.165) is 13.0 Å². The molecule has 0 radical (unpaired) electrons. The standard InChI is InChI=1S/C11H18O4/c1-9(4-5-10-8-15-10)11(13)14-7-3-2-6-12/h10,12H,1-8H2. The predicted molar refractivity (Wildman–Crippen MR) is 55.4 cm³/mol. The lowest BCUT2D eigenvalue weighted by molar-refractivity contribution is -0.139. The summed E-state index contributed by atoms with van der Waals surface area (Å²) in [5.74, 6) is -0.325. The minimum atomic E-state index is -0.325. The van der Waals surface area contributed by atoms with Gasteiger partial charge in [-0.05, 0) is 25.7 Å². The van der Waals surface area contributed by atoms with Crippen LogP contribution in [0.15, 0.2) is 12.2 Å². The molecule has 0 aromatic rings. The summed E-state index contributed by atoms with van der Waals surface area (Å²) in [6, 6.07) is 0. The second-order valence-corrected chi connectivity index (χ2v) is 3.66. The van der Waals surface area contributed by atoms with Crippen molar-refractivity contribution in [2.24, 2.45) is 0 Å². The number of unbranched alkanes of at least 4 members (excludes halogenated alkanes) is 1. The van der Waals surface area contributed by atoms with Gasteiger partial charge in [-0.15, -0.1) is 0 Å². The molecule has 0 bridgehead atoms. The second kappa shape index (κ2) is 6.58. The normalized spacial score (nSPS) is 18.6. The number of ether oxygens (including phenoxy) is 2. The van der Waals surface area contributed by atoms with E-state index in [9.17, 15) is 4.79 Å². The largest absolute Gasteiger partial charge is 0.462 e. The third-order valence-electron chi connectivity index (χ3n) is 2.24. The van der Waals surface area contributed by atoms with Gasteiger partial charge in [0.2, 0.25) is 0 Å². The van der Waals surface area contributed by atoms with Crippen molar-refractivity contribution in [3.8, 4) is 0 Å². The molecule has 0 spiro atoms. The Bertz CT molecular complexity index is 221. The molecule has 0 aromatic heterocycles. The molecule has 1 atom stereocenters. The van der Waals surface area contributed by atoms with Gasteiger partial charge in [0.25, 0.3) is 0 Å². The number of hydrogen-bond acceptors (Lipinski definition) is 4. The molecule has 1 heterocycles. The Kier molecular flexibility index (Phi) is 5.36. The SMILES string of the molecule is C=C(CCC1CO1)C(=O)OCCCCO. The summed E-state index contributed by atoms with van der Waals surface area (Å²) < 4.78 is 10.00. The maximum atomic E-state index is 11.3. The number of rotatable bonds is 8. The molecule has 15 heavy (non-hydrogen) atoms. The Hall–Kier alpha value is -0.870. The van der Waals surface area contributed by atoms with Crippen LogP contribution in [0.25, 0.3) is 0 Å². The minimum absolute atomic E-state index is 0.136. The van der Waals surface area contributed by atoms with Crippen LogP contribution in [0.2, 0.25) is 0 Å². The molecule has 1 aliphatic rings. The lowest BCUT2D eigenvalue weighted by Gasteiger charge is -2.05. The van der Waals surface area contributed by atoms with E-state index in [1.54, 1.807) is 0 Å². The van der Waals surface area contributed by atoms with Crippen LogP contribution in [0.1, 0.15) is 25.7 Å². The van der Waals surface area contributed by atoms with Crippen molar-refractivity contribution in [3.05, 3.63) is 12.2 Å². The number of aliphatic hydroxyl groups excluding tert-OH is 1. The molecule has 86 valence electrons. The highest BCUT2D eigenvalue weighted by atomic mass is 16.6. The first-order chi connectivity index (χ1) is 7.24. The Morgan fingerprint density at radius 2 is 2.27 bits per heavy atom. The highest BCUT2D eigenvalue weighted by Gasteiger charge is 2.23. The summed E-state index contributed by atoms with van der Waals surface area (Å²) in [4.78, 5) is 11.3. The molecule has 1 fully saturated rings. The van der Waals surface area contributed by atoms with Crippen LogP contribution in [0.3, 0.4) is 0 Å². The van der Waals surface area contributed by atoms with Crippen molar-refractivity contribution < 1.29 is 19.4 Å². The fraction of sp³-hybridized carbons (Fsp3) is 0.727. The van der Waals surface area contributed by atoms with Crippen LogP contribution in [0.4, 0.5) is 0 Å². The van der Waals surface area contributed by atoms with Gasteiger partial charge in [-0.2, -0.15) is 0 Å². The number of hydrogen-bond donors (Lipinski definition) is 1. The number of aliphatic hydroxyl groups is 1. The van der Waals surface area contributed by atoms with E-state index in [1.807, 2.05) is 0 Å². The second-order valence-electron chi connectivity index (χ2n) is 3.66. The van der Waals surface area contributed by atoms with Gasteiger partial charge in [0.05, 0.1) is 19.3 Å². The van der Waals surface area contributed by atoms with Gasteiger partial charge < -0.3 is 14.6 Å².